The van der Waals surface area contributed by atoms with Crippen LogP contribution in [0.1, 0.15) is 34.9 Å². The second kappa shape index (κ2) is 5.98. The number of nitrogens with one attached hydrogen (secondary N) is 1. The Morgan fingerprint density at radius 1 is 1.45 bits per heavy atom. The van der Waals surface area contributed by atoms with Crippen LogP contribution in [0.4, 0.5) is 0 Å². The summed E-state index contributed by atoms with van der Waals surface area (Å²) in [6.07, 6.45) is 4.93. The number of aryl methyl sites for hydroxylation is 1. The molecule has 1 aliphatic carbocycles. The minimum absolute atomic E-state index is 0.157. The summed E-state index contributed by atoms with van der Waals surface area (Å²) in [4.78, 5) is 4.47. The molecule has 3 rings (SSSR count). The lowest BCUT2D eigenvalue weighted by Crippen LogP contribution is -2.28. The molecule has 0 bridgehead atoms. The van der Waals surface area contributed by atoms with E-state index in [0.29, 0.717) is 6.42 Å². The van der Waals surface area contributed by atoms with Crippen LogP contribution in [-0.2, 0) is 6.42 Å². The van der Waals surface area contributed by atoms with Crippen molar-refractivity contribution in [3.8, 4) is 0 Å². The van der Waals surface area contributed by atoms with E-state index in [1.54, 1.807) is 17.9 Å². The van der Waals surface area contributed by atoms with Gasteiger partial charge in [-0.2, -0.15) is 5.10 Å². The van der Waals surface area contributed by atoms with E-state index in [0.717, 1.165) is 34.7 Å². The largest absolute Gasteiger partial charge is 0.469 e. The number of aromatic nitrogens is 1. The van der Waals surface area contributed by atoms with Gasteiger partial charge < -0.3 is 10.2 Å². The number of hydrogen-bond acceptors (Lipinski definition) is 5. The summed E-state index contributed by atoms with van der Waals surface area (Å²) in [6.45, 7) is 2.01. The van der Waals surface area contributed by atoms with Crippen LogP contribution in [0.15, 0.2) is 45.3 Å². The average Bonchev–Trinajstić information content (AvgIpc) is 3.06. The van der Waals surface area contributed by atoms with E-state index < -0.39 is 0 Å². The molecule has 1 unspecified atom stereocenters. The molecule has 0 fully saturated rings. The van der Waals surface area contributed by atoms with Gasteiger partial charge in [-0.05, 0) is 30.7 Å². The third-order valence-electron chi connectivity index (χ3n) is 3.74. The maximum absolute atomic E-state index is 8.71. The molecule has 2 heterocycles. The van der Waals surface area contributed by atoms with Crippen molar-refractivity contribution in [2.45, 2.75) is 25.7 Å². The van der Waals surface area contributed by atoms with Crippen LogP contribution in [0.5, 0.6) is 0 Å². The third-order valence-corrected chi connectivity index (χ3v) is 3.74. The maximum atomic E-state index is 8.71. The summed E-state index contributed by atoms with van der Waals surface area (Å²) in [5.74, 6) is 0.906. The molecule has 0 radical (unpaired) electrons. The lowest BCUT2D eigenvalue weighted by Gasteiger charge is -2.24. The number of pyridine rings is 1. The topological polar surface area (TPSA) is 109 Å². The Bertz CT molecular complexity index is 722. The second-order valence-corrected chi connectivity index (χ2v) is 5.21. The molecule has 0 spiro atoms. The van der Waals surface area contributed by atoms with E-state index in [4.69, 9.17) is 15.4 Å². The van der Waals surface area contributed by atoms with E-state index in [-0.39, 0.29) is 11.9 Å². The van der Waals surface area contributed by atoms with Crippen LogP contribution >= 0.6 is 0 Å². The van der Waals surface area contributed by atoms with Gasteiger partial charge in [-0.15, -0.1) is 5.10 Å². The van der Waals surface area contributed by atoms with Crippen molar-refractivity contribution in [1.29, 1.82) is 0 Å². The number of rotatable bonds is 2. The second-order valence-electron chi connectivity index (χ2n) is 5.21. The van der Waals surface area contributed by atoms with Crippen LogP contribution in [0.2, 0.25) is 0 Å². The molecule has 0 amide bonds. The highest BCUT2D eigenvalue weighted by Crippen LogP contribution is 2.33. The number of guanidine groups is 1. The SMILES string of the molecule is Cc1ccnc2c1C(=N/N=C(/N)NO)CC(c1ccco1)C2. The van der Waals surface area contributed by atoms with Crippen molar-refractivity contribution < 1.29 is 9.62 Å². The van der Waals surface area contributed by atoms with E-state index >= 15 is 0 Å². The monoisotopic (exact) mass is 299 g/mol. The van der Waals surface area contributed by atoms with Crippen LogP contribution in [0.3, 0.4) is 0 Å². The molecule has 2 aromatic rings. The molecule has 0 aliphatic heterocycles. The molecule has 0 aromatic carbocycles. The van der Waals surface area contributed by atoms with Gasteiger partial charge in [-0.25, -0.2) is 5.48 Å². The number of furan rings is 1. The summed E-state index contributed by atoms with van der Waals surface area (Å²) < 4.78 is 5.52. The van der Waals surface area contributed by atoms with E-state index in [9.17, 15) is 0 Å². The van der Waals surface area contributed by atoms with Crippen LogP contribution in [0.25, 0.3) is 0 Å². The highest BCUT2D eigenvalue weighted by atomic mass is 16.5. The first-order chi connectivity index (χ1) is 10.7. The van der Waals surface area contributed by atoms with Gasteiger partial charge in [0, 0.05) is 30.5 Å². The third kappa shape index (κ3) is 2.71. The fourth-order valence-corrected chi connectivity index (χ4v) is 2.76. The van der Waals surface area contributed by atoms with Crippen LogP contribution in [0, 0.1) is 6.92 Å². The molecule has 4 N–H and O–H groups in total. The summed E-state index contributed by atoms with van der Waals surface area (Å²) in [6, 6.07) is 5.77. The highest BCUT2D eigenvalue weighted by molar-refractivity contribution is 6.04. The number of hydrogen-bond donors (Lipinski definition) is 3. The molecule has 114 valence electrons. The van der Waals surface area contributed by atoms with Gasteiger partial charge in [0.1, 0.15) is 5.76 Å². The molecular weight excluding hydrogens is 282 g/mol. The number of nitrogens with zero attached hydrogens (tertiary/aromatic N) is 3. The molecular formula is C15H17N5O2. The first-order valence-corrected chi connectivity index (χ1v) is 6.97. The summed E-state index contributed by atoms with van der Waals surface area (Å²) in [7, 11) is 0. The Morgan fingerprint density at radius 3 is 3.05 bits per heavy atom. The zero-order valence-corrected chi connectivity index (χ0v) is 12.2. The molecule has 22 heavy (non-hydrogen) atoms. The summed E-state index contributed by atoms with van der Waals surface area (Å²) in [5.41, 5.74) is 11.0. The van der Waals surface area contributed by atoms with Gasteiger partial charge in [-0.1, -0.05) is 0 Å². The zero-order chi connectivity index (χ0) is 15.5. The summed E-state index contributed by atoms with van der Waals surface area (Å²) in [5, 5.41) is 16.7. The van der Waals surface area contributed by atoms with E-state index in [1.165, 1.54) is 0 Å². The number of hydroxylamine groups is 1. The predicted molar refractivity (Wildman–Crippen MR) is 81.8 cm³/mol. The Morgan fingerprint density at radius 2 is 2.32 bits per heavy atom. The Balaban J connectivity index is 2.04. The first kappa shape index (κ1) is 14.3. The Labute approximate surface area is 127 Å². The molecule has 7 heteroatoms. The smallest absolute Gasteiger partial charge is 0.237 e. The van der Waals surface area contributed by atoms with E-state index in [1.807, 2.05) is 25.1 Å². The number of nitrogens with two attached hydrogens (primary N) is 1. The quantitative estimate of drug-likeness (QED) is 0.444. The van der Waals surface area contributed by atoms with Crippen LogP contribution < -0.4 is 11.2 Å². The van der Waals surface area contributed by atoms with Crippen molar-refractivity contribution in [2.75, 3.05) is 0 Å². The Hall–Kier alpha value is -2.67. The van der Waals surface area contributed by atoms with Gasteiger partial charge >= 0.3 is 0 Å². The minimum atomic E-state index is -0.157. The van der Waals surface area contributed by atoms with Gasteiger partial charge in [0.25, 0.3) is 0 Å². The zero-order valence-electron chi connectivity index (χ0n) is 12.2. The van der Waals surface area contributed by atoms with E-state index in [2.05, 4.69) is 15.2 Å². The predicted octanol–water partition coefficient (Wildman–Crippen LogP) is 1.71. The molecule has 7 nitrogen and oxygen atoms in total. The average molecular weight is 299 g/mol. The standard InChI is InChI=1S/C15H17N5O2/c1-9-4-5-17-11-7-10(13-3-2-6-22-13)8-12(14(9)11)18-19-15(16)20-21/h2-6,10,21H,7-8H2,1H3,(H3,16,19,20). The molecule has 1 atom stereocenters. The van der Waals surface area contributed by atoms with Crippen molar-refractivity contribution in [3.05, 3.63) is 53.2 Å². The van der Waals surface area contributed by atoms with Crippen LogP contribution in [-0.4, -0.2) is 21.9 Å². The maximum Gasteiger partial charge on any atom is 0.237 e. The van der Waals surface area contributed by atoms with Crippen molar-refractivity contribution in [3.63, 3.8) is 0 Å². The molecule has 0 saturated carbocycles. The van der Waals surface area contributed by atoms with Gasteiger partial charge in [0.15, 0.2) is 0 Å². The molecule has 1 aliphatic rings. The molecule has 0 saturated heterocycles. The number of fused-ring (bicyclic) bond motifs is 1. The fourth-order valence-electron chi connectivity index (χ4n) is 2.76. The first-order valence-electron chi connectivity index (χ1n) is 6.97. The minimum Gasteiger partial charge on any atom is -0.469 e. The lowest BCUT2D eigenvalue weighted by atomic mass is 9.82. The van der Waals surface area contributed by atoms with Crippen molar-refractivity contribution >= 4 is 11.7 Å². The van der Waals surface area contributed by atoms with Gasteiger partial charge in [-0.3, -0.25) is 10.2 Å². The molecule has 2 aromatic heterocycles. The normalized spacial score (nSPS) is 20.0. The highest BCUT2D eigenvalue weighted by Gasteiger charge is 2.28. The Kier molecular flexibility index (Phi) is 3.88. The fraction of sp³-hybridized carbons (Fsp3) is 0.267. The van der Waals surface area contributed by atoms with Gasteiger partial charge in [0.05, 0.1) is 17.7 Å². The van der Waals surface area contributed by atoms with Gasteiger partial charge in [0.2, 0.25) is 5.96 Å². The lowest BCUT2D eigenvalue weighted by molar-refractivity contribution is 0.232. The summed E-state index contributed by atoms with van der Waals surface area (Å²) >= 11 is 0. The van der Waals surface area contributed by atoms with Crippen molar-refractivity contribution in [2.24, 2.45) is 15.9 Å². The van der Waals surface area contributed by atoms with Crippen molar-refractivity contribution in [1.82, 2.24) is 10.5 Å².